The predicted octanol–water partition coefficient (Wildman–Crippen LogP) is 2.01. The molecule has 6 nitrogen and oxygen atoms in total. The van der Waals surface area contributed by atoms with Crippen LogP contribution in [-0.4, -0.2) is 29.2 Å². The van der Waals surface area contributed by atoms with E-state index < -0.39 is 6.03 Å². The van der Waals surface area contributed by atoms with Crippen LogP contribution in [0.1, 0.15) is 18.1 Å². The quantitative estimate of drug-likeness (QED) is 0.828. The molecule has 7 heteroatoms. The van der Waals surface area contributed by atoms with E-state index in [1.54, 1.807) is 7.11 Å². The Morgan fingerprint density at radius 2 is 2.35 bits per heavy atom. The van der Waals surface area contributed by atoms with Crippen LogP contribution in [0.5, 0.6) is 5.75 Å². The molecule has 108 valence electrons. The van der Waals surface area contributed by atoms with Gasteiger partial charge in [-0.15, -0.1) is 11.6 Å². The maximum absolute atomic E-state index is 10.8. The summed E-state index contributed by atoms with van der Waals surface area (Å²) in [6, 6.07) is 5.14. The number of hydrogen-bond donors (Lipinski definition) is 2. The van der Waals surface area contributed by atoms with E-state index in [1.165, 1.54) is 0 Å². The summed E-state index contributed by atoms with van der Waals surface area (Å²) in [5.41, 5.74) is 6.74. The number of primary amides is 1. The summed E-state index contributed by atoms with van der Waals surface area (Å²) in [5, 5.41) is 2.31. The topological polar surface area (TPSA) is 82.2 Å². The fraction of sp³-hybridized carbons (Fsp3) is 0.385. The van der Waals surface area contributed by atoms with E-state index in [4.69, 9.17) is 22.1 Å². The average molecular weight is 297 g/mol. The van der Waals surface area contributed by atoms with Crippen LogP contribution in [0.25, 0.3) is 11.0 Å². The molecule has 20 heavy (non-hydrogen) atoms. The van der Waals surface area contributed by atoms with Gasteiger partial charge in [0.15, 0.2) is 0 Å². The molecule has 3 N–H and O–H groups in total. The summed E-state index contributed by atoms with van der Waals surface area (Å²) in [6.07, 6.45) is 0. The van der Waals surface area contributed by atoms with Crippen molar-refractivity contribution in [1.29, 1.82) is 0 Å². The highest BCUT2D eigenvalue weighted by Gasteiger charge is 2.17. The predicted molar refractivity (Wildman–Crippen MR) is 78.1 cm³/mol. The second-order valence-electron chi connectivity index (χ2n) is 4.36. The SMILES string of the molecule is COc1cccc2c1nc(C(C)Cl)n2CCNC(N)=O. The molecule has 2 aromatic rings. The van der Waals surface area contributed by atoms with Crippen molar-refractivity contribution in [2.45, 2.75) is 18.8 Å². The molecule has 0 aliphatic heterocycles. The average Bonchev–Trinajstić information content (AvgIpc) is 2.77. The smallest absolute Gasteiger partial charge is 0.312 e. The zero-order valence-electron chi connectivity index (χ0n) is 11.4. The van der Waals surface area contributed by atoms with Gasteiger partial charge in [-0.25, -0.2) is 9.78 Å². The second-order valence-corrected chi connectivity index (χ2v) is 5.01. The number of nitrogens with one attached hydrogen (secondary N) is 1. The second kappa shape index (κ2) is 6.00. The Hall–Kier alpha value is -1.95. The Kier molecular flexibility index (Phi) is 4.34. The van der Waals surface area contributed by atoms with Crippen molar-refractivity contribution in [2.75, 3.05) is 13.7 Å². The Labute approximate surface area is 121 Å². The molecule has 1 aromatic heterocycles. The minimum Gasteiger partial charge on any atom is -0.494 e. The fourth-order valence-electron chi connectivity index (χ4n) is 2.13. The van der Waals surface area contributed by atoms with Crippen molar-refractivity contribution in [1.82, 2.24) is 14.9 Å². The van der Waals surface area contributed by atoms with E-state index in [0.29, 0.717) is 18.8 Å². The molecule has 1 unspecified atom stereocenters. The van der Waals surface area contributed by atoms with E-state index in [-0.39, 0.29) is 5.38 Å². The standard InChI is InChI=1S/C13H17ClN4O2/c1-8(14)12-17-11-9(4-3-5-10(11)20-2)18(12)7-6-16-13(15)19/h3-5,8H,6-7H2,1-2H3,(H3,15,16,19). The number of aromatic nitrogens is 2. The number of carbonyl (C=O) groups excluding carboxylic acids is 1. The third kappa shape index (κ3) is 2.80. The van der Waals surface area contributed by atoms with Crippen molar-refractivity contribution >= 4 is 28.7 Å². The van der Waals surface area contributed by atoms with E-state index in [2.05, 4.69) is 10.3 Å². The van der Waals surface area contributed by atoms with Crippen molar-refractivity contribution in [3.8, 4) is 5.75 Å². The Balaban J connectivity index is 2.43. The number of nitrogens with two attached hydrogens (primary N) is 1. The number of fused-ring (bicyclic) bond motifs is 1. The Morgan fingerprint density at radius 3 is 2.95 bits per heavy atom. The lowest BCUT2D eigenvalue weighted by Crippen LogP contribution is -2.32. The molecule has 0 fully saturated rings. The van der Waals surface area contributed by atoms with Crippen LogP contribution in [0.15, 0.2) is 18.2 Å². The fourth-order valence-corrected chi connectivity index (χ4v) is 2.30. The maximum atomic E-state index is 10.8. The highest BCUT2D eigenvalue weighted by Crippen LogP contribution is 2.29. The monoisotopic (exact) mass is 296 g/mol. The first-order chi connectivity index (χ1) is 9.54. The van der Waals surface area contributed by atoms with Gasteiger partial charge in [0, 0.05) is 13.1 Å². The summed E-state index contributed by atoms with van der Waals surface area (Å²) in [4.78, 5) is 15.3. The number of para-hydroxylation sites is 1. The lowest BCUT2D eigenvalue weighted by molar-refractivity contribution is 0.248. The van der Waals surface area contributed by atoms with Gasteiger partial charge in [0.2, 0.25) is 0 Å². The largest absolute Gasteiger partial charge is 0.494 e. The van der Waals surface area contributed by atoms with E-state index in [1.807, 2.05) is 29.7 Å². The Bertz CT molecular complexity index is 624. The van der Waals surface area contributed by atoms with Crippen LogP contribution in [0.2, 0.25) is 0 Å². The summed E-state index contributed by atoms with van der Waals surface area (Å²) >= 11 is 6.18. The Morgan fingerprint density at radius 1 is 1.60 bits per heavy atom. The van der Waals surface area contributed by atoms with Gasteiger partial charge in [-0.2, -0.15) is 0 Å². The number of nitrogens with zero attached hydrogens (tertiary/aromatic N) is 2. The van der Waals surface area contributed by atoms with Gasteiger partial charge < -0.3 is 20.4 Å². The molecule has 0 aliphatic rings. The van der Waals surface area contributed by atoms with Crippen LogP contribution in [0.4, 0.5) is 4.79 Å². The molecule has 1 atom stereocenters. The zero-order valence-corrected chi connectivity index (χ0v) is 12.1. The summed E-state index contributed by atoms with van der Waals surface area (Å²) in [7, 11) is 1.60. The number of carbonyl (C=O) groups is 1. The molecule has 0 saturated heterocycles. The minimum atomic E-state index is -0.549. The van der Waals surface area contributed by atoms with Gasteiger partial charge in [0.25, 0.3) is 0 Å². The number of hydrogen-bond acceptors (Lipinski definition) is 3. The number of benzene rings is 1. The van der Waals surface area contributed by atoms with Gasteiger partial charge in [0.1, 0.15) is 17.1 Å². The van der Waals surface area contributed by atoms with Crippen LogP contribution in [0, 0.1) is 0 Å². The molecule has 0 spiro atoms. The van der Waals surface area contributed by atoms with Crippen LogP contribution < -0.4 is 15.8 Å². The first-order valence-corrected chi connectivity index (χ1v) is 6.68. The van der Waals surface area contributed by atoms with Crippen molar-refractivity contribution in [2.24, 2.45) is 5.73 Å². The van der Waals surface area contributed by atoms with Gasteiger partial charge in [0.05, 0.1) is 18.0 Å². The molecular weight excluding hydrogens is 280 g/mol. The van der Waals surface area contributed by atoms with Crippen LogP contribution in [0.3, 0.4) is 0 Å². The molecule has 1 aromatic carbocycles. The van der Waals surface area contributed by atoms with E-state index in [9.17, 15) is 4.79 Å². The van der Waals surface area contributed by atoms with Gasteiger partial charge in [-0.3, -0.25) is 0 Å². The first-order valence-electron chi connectivity index (χ1n) is 6.25. The number of alkyl halides is 1. The van der Waals surface area contributed by atoms with E-state index in [0.717, 1.165) is 16.9 Å². The lowest BCUT2D eigenvalue weighted by atomic mass is 10.3. The van der Waals surface area contributed by atoms with Crippen LogP contribution >= 0.6 is 11.6 Å². The molecule has 0 aliphatic carbocycles. The third-order valence-electron chi connectivity index (χ3n) is 2.98. The molecule has 2 amide bonds. The number of methoxy groups -OCH3 is 1. The number of ether oxygens (including phenoxy) is 1. The molecule has 0 saturated carbocycles. The molecule has 2 rings (SSSR count). The lowest BCUT2D eigenvalue weighted by Gasteiger charge is -2.10. The number of halogens is 1. The van der Waals surface area contributed by atoms with Gasteiger partial charge >= 0.3 is 6.03 Å². The summed E-state index contributed by atoms with van der Waals surface area (Å²) in [6.45, 7) is 2.81. The third-order valence-corrected chi connectivity index (χ3v) is 3.18. The molecular formula is C13H17ClN4O2. The number of amides is 2. The number of imidazole rings is 1. The molecule has 0 radical (unpaired) electrons. The van der Waals surface area contributed by atoms with Gasteiger partial charge in [-0.1, -0.05) is 6.07 Å². The van der Waals surface area contributed by atoms with E-state index >= 15 is 0 Å². The van der Waals surface area contributed by atoms with Crippen molar-refractivity contribution < 1.29 is 9.53 Å². The first kappa shape index (κ1) is 14.5. The molecule has 1 heterocycles. The van der Waals surface area contributed by atoms with Crippen molar-refractivity contribution in [3.63, 3.8) is 0 Å². The van der Waals surface area contributed by atoms with Crippen LogP contribution in [-0.2, 0) is 6.54 Å². The normalized spacial score (nSPS) is 12.3. The van der Waals surface area contributed by atoms with Gasteiger partial charge in [-0.05, 0) is 19.1 Å². The summed E-state index contributed by atoms with van der Waals surface area (Å²) in [5.74, 6) is 1.43. The minimum absolute atomic E-state index is 0.249. The molecule has 0 bridgehead atoms. The maximum Gasteiger partial charge on any atom is 0.312 e. The highest BCUT2D eigenvalue weighted by molar-refractivity contribution is 6.20. The number of urea groups is 1. The van der Waals surface area contributed by atoms with Crippen molar-refractivity contribution in [3.05, 3.63) is 24.0 Å². The summed E-state index contributed by atoms with van der Waals surface area (Å²) < 4.78 is 7.27. The number of rotatable bonds is 5. The zero-order chi connectivity index (χ0) is 14.7. The highest BCUT2D eigenvalue weighted by atomic mass is 35.5.